The maximum Gasteiger partial charge on any atom is 0.256 e. The van der Waals surface area contributed by atoms with Crippen LogP contribution >= 0.6 is 11.6 Å². The third kappa shape index (κ3) is 2.82. The number of nitrogens with one attached hydrogen (secondary N) is 1. The average molecular weight is 272 g/mol. The summed E-state index contributed by atoms with van der Waals surface area (Å²) in [5, 5.41) is 12.5. The van der Waals surface area contributed by atoms with Gasteiger partial charge >= 0.3 is 0 Å². The standard InChI is InChI=1S/C13H15ClFNO2/c14-8-4-3-5-9(15)12(8)13(18)16-10-6-1-2-7-11(10)17/h3-5,10-11,17H,1-2,6-7H2,(H,16,18)/t10-,11-/m0/s1. The molecule has 1 aromatic carbocycles. The third-order valence-corrected chi connectivity index (χ3v) is 3.55. The number of rotatable bonds is 2. The maximum absolute atomic E-state index is 13.5. The van der Waals surface area contributed by atoms with Crippen molar-refractivity contribution >= 4 is 17.5 Å². The minimum Gasteiger partial charge on any atom is -0.391 e. The normalized spacial score (nSPS) is 23.7. The van der Waals surface area contributed by atoms with Gasteiger partial charge in [-0.1, -0.05) is 30.5 Å². The first-order valence-electron chi connectivity index (χ1n) is 6.02. The lowest BCUT2D eigenvalue weighted by Crippen LogP contribution is -2.45. The summed E-state index contributed by atoms with van der Waals surface area (Å²) in [5.41, 5.74) is -0.156. The summed E-state index contributed by atoms with van der Waals surface area (Å²) in [6, 6.07) is 3.79. The van der Waals surface area contributed by atoms with Crippen LogP contribution in [0.3, 0.4) is 0 Å². The molecular formula is C13H15ClFNO2. The van der Waals surface area contributed by atoms with E-state index in [1.54, 1.807) is 0 Å². The lowest BCUT2D eigenvalue weighted by atomic mass is 9.92. The first kappa shape index (κ1) is 13.3. The molecule has 0 radical (unpaired) electrons. The first-order valence-corrected chi connectivity index (χ1v) is 6.40. The van der Waals surface area contributed by atoms with Crippen LogP contribution in [0.2, 0.25) is 5.02 Å². The van der Waals surface area contributed by atoms with Crippen LogP contribution < -0.4 is 5.32 Å². The van der Waals surface area contributed by atoms with Gasteiger partial charge in [-0.3, -0.25) is 4.79 Å². The summed E-state index contributed by atoms with van der Waals surface area (Å²) in [5.74, 6) is -1.21. The summed E-state index contributed by atoms with van der Waals surface area (Å²) in [6.45, 7) is 0. The van der Waals surface area contributed by atoms with Crippen molar-refractivity contribution in [3.05, 3.63) is 34.6 Å². The van der Waals surface area contributed by atoms with Crippen molar-refractivity contribution in [3.8, 4) is 0 Å². The molecule has 0 saturated heterocycles. The van der Waals surface area contributed by atoms with Gasteiger partial charge in [-0.05, 0) is 25.0 Å². The number of carbonyl (C=O) groups excluding carboxylic acids is 1. The van der Waals surface area contributed by atoms with Gasteiger partial charge in [0.15, 0.2) is 0 Å². The second-order valence-electron chi connectivity index (χ2n) is 4.53. The molecule has 98 valence electrons. The van der Waals surface area contributed by atoms with Crippen molar-refractivity contribution in [2.75, 3.05) is 0 Å². The highest BCUT2D eigenvalue weighted by Crippen LogP contribution is 2.22. The van der Waals surface area contributed by atoms with E-state index in [0.29, 0.717) is 12.8 Å². The van der Waals surface area contributed by atoms with Crippen LogP contribution in [0.4, 0.5) is 4.39 Å². The van der Waals surface area contributed by atoms with Gasteiger partial charge in [-0.15, -0.1) is 0 Å². The van der Waals surface area contributed by atoms with Crippen LogP contribution in [-0.2, 0) is 0 Å². The van der Waals surface area contributed by atoms with Gasteiger partial charge in [-0.2, -0.15) is 0 Å². The zero-order valence-corrected chi connectivity index (χ0v) is 10.6. The van der Waals surface area contributed by atoms with Gasteiger partial charge in [-0.25, -0.2) is 4.39 Å². The molecule has 0 heterocycles. The van der Waals surface area contributed by atoms with Crippen molar-refractivity contribution in [2.24, 2.45) is 0 Å². The number of aliphatic hydroxyl groups is 1. The van der Waals surface area contributed by atoms with E-state index < -0.39 is 17.8 Å². The molecule has 1 aliphatic rings. The number of hydrogen-bond donors (Lipinski definition) is 2. The highest BCUT2D eigenvalue weighted by molar-refractivity contribution is 6.33. The van der Waals surface area contributed by atoms with Crippen molar-refractivity contribution in [2.45, 2.75) is 37.8 Å². The maximum atomic E-state index is 13.5. The van der Waals surface area contributed by atoms with Crippen LogP contribution in [-0.4, -0.2) is 23.2 Å². The molecule has 0 aromatic heterocycles. The number of hydrogen-bond acceptors (Lipinski definition) is 2. The molecule has 1 fully saturated rings. The Morgan fingerprint density at radius 2 is 2.11 bits per heavy atom. The van der Waals surface area contributed by atoms with Crippen molar-refractivity contribution in [1.29, 1.82) is 0 Å². The largest absolute Gasteiger partial charge is 0.391 e. The van der Waals surface area contributed by atoms with Crippen molar-refractivity contribution in [3.63, 3.8) is 0 Å². The van der Waals surface area contributed by atoms with E-state index in [4.69, 9.17) is 11.6 Å². The molecule has 18 heavy (non-hydrogen) atoms. The Morgan fingerprint density at radius 3 is 2.78 bits per heavy atom. The Bertz CT molecular complexity index is 432. The smallest absolute Gasteiger partial charge is 0.256 e. The summed E-state index contributed by atoms with van der Waals surface area (Å²) in [4.78, 5) is 12.0. The fraction of sp³-hybridized carbons (Fsp3) is 0.462. The van der Waals surface area contributed by atoms with E-state index in [-0.39, 0.29) is 16.6 Å². The Hall–Kier alpha value is -1.13. The van der Waals surface area contributed by atoms with Gasteiger partial charge in [0.2, 0.25) is 0 Å². The summed E-state index contributed by atoms with van der Waals surface area (Å²) < 4.78 is 13.5. The molecule has 0 bridgehead atoms. The third-order valence-electron chi connectivity index (χ3n) is 3.24. The molecule has 3 nitrogen and oxygen atoms in total. The average Bonchev–Trinajstić information content (AvgIpc) is 2.32. The van der Waals surface area contributed by atoms with E-state index in [9.17, 15) is 14.3 Å². The Balaban J connectivity index is 2.12. The van der Waals surface area contributed by atoms with E-state index in [2.05, 4.69) is 5.32 Å². The monoisotopic (exact) mass is 271 g/mol. The molecule has 0 aliphatic heterocycles. The zero-order chi connectivity index (χ0) is 13.1. The second-order valence-corrected chi connectivity index (χ2v) is 4.94. The van der Waals surface area contributed by atoms with E-state index in [1.165, 1.54) is 18.2 Å². The molecule has 2 N–H and O–H groups in total. The van der Waals surface area contributed by atoms with E-state index in [0.717, 1.165) is 12.8 Å². The Labute approximate surface area is 110 Å². The van der Waals surface area contributed by atoms with Gasteiger partial charge in [0.25, 0.3) is 5.91 Å². The van der Waals surface area contributed by atoms with E-state index >= 15 is 0 Å². The predicted octanol–water partition coefficient (Wildman–Crippen LogP) is 2.51. The summed E-state index contributed by atoms with van der Waals surface area (Å²) in [7, 11) is 0. The zero-order valence-electron chi connectivity index (χ0n) is 9.83. The number of benzene rings is 1. The Kier molecular flexibility index (Phi) is 4.19. The molecule has 1 aromatic rings. The van der Waals surface area contributed by atoms with Crippen LogP contribution in [0, 0.1) is 5.82 Å². The van der Waals surface area contributed by atoms with E-state index in [1.807, 2.05) is 0 Å². The summed E-state index contributed by atoms with van der Waals surface area (Å²) >= 11 is 5.82. The van der Waals surface area contributed by atoms with Gasteiger partial charge in [0, 0.05) is 0 Å². The SMILES string of the molecule is O=C(N[C@H]1CCCC[C@@H]1O)c1c(F)cccc1Cl. The molecule has 0 spiro atoms. The van der Waals surface area contributed by atoms with Crippen LogP contribution in [0.15, 0.2) is 18.2 Å². The Morgan fingerprint density at radius 1 is 1.39 bits per heavy atom. The molecule has 1 amide bonds. The lowest BCUT2D eigenvalue weighted by Gasteiger charge is -2.28. The topological polar surface area (TPSA) is 49.3 Å². The molecule has 1 saturated carbocycles. The molecule has 5 heteroatoms. The molecule has 0 unspecified atom stereocenters. The second kappa shape index (κ2) is 5.67. The fourth-order valence-corrected chi connectivity index (χ4v) is 2.48. The van der Waals surface area contributed by atoms with Gasteiger partial charge in [0.05, 0.1) is 22.7 Å². The first-order chi connectivity index (χ1) is 8.59. The predicted molar refractivity (Wildman–Crippen MR) is 67.1 cm³/mol. The quantitative estimate of drug-likeness (QED) is 0.868. The van der Waals surface area contributed by atoms with Crippen molar-refractivity contribution < 1.29 is 14.3 Å². The van der Waals surface area contributed by atoms with Crippen LogP contribution in [0.5, 0.6) is 0 Å². The highest BCUT2D eigenvalue weighted by Gasteiger charge is 2.26. The number of aliphatic hydroxyl groups excluding tert-OH is 1. The molecule has 1 aliphatic carbocycles. The lowest BCUT2D eigenvalue weighted by molar-refractivity contribution is 0.0714. The summed E-state index contributed by atoms with van der Waals surface area (Å²) in [6.07, 6.45) is 2.71. The van der Waals surface area contributed by atoms with Crippen LogP contribution in [0.1, 0.15) is 36.0 Å². The van der Waals surface area contributed by atoms with Crippen LogP contribution in [0.25, 0.3) is 0 Å². The number of halogens is 2. The highest BCUT2D eigenvalue weighted by atomic mass is 35.5. The van der Waals surface area contributed by atoms with Crippen molar-refractivity contribution in [1.82, 2.24) is 5.32 Å². The number of carbonyl (C=O) groups is 1. The minimum atomic E-state index is -0.648. The fourth-order valence-electron chi connectivity index (χ4n) is 2.23. The molecule has 2 atom stereocenters. The molecule has 2 rings (SSSR count). The van der Waals surface area contributed by atoms with Gasteiger partial charge < -0.3 is 10.4 Å². The number of amides is 1. The molecular weight excluding hydrogens is 257 g/mol. The minimum absolute atomic E-state index is 0.0813. The van der Waals surface area contributed by atoms with Gasteiger partial charge in [0.1, 0.15) is 5.82 Å².